The first-order chi connectivity index (χ1) is 16.0. The standard InChI is InChI=1S/C24H25ClF2N6/c25-22-11-17(6-7-28-22)31-13-15-2-3-16(14-31)19(15)12-23-29-24-32(8-1-9-33(24)30-23)18-4-5-20(26)21(27)10-18/h4-7,10-11,15-16,19H,1-3,8-9,12-14H2/t15-,16+,19?. The summed E-state index contributed by atoms with van der Waals surface area (Å²) in [5, 5.41) is 5.33. The molecule has 3 atom stereocenters. The highest BCUT2D eigenvalue weighted by Crippen LogP contribution is 2.44. The Labute approximate surface area is 196 Å². The average molecular weight is 471 g/mol. The third-order valence-electron chi connectivity index (χ3n) is 7.43. The number of fused-ring (bicyclic) bond motifs is 3. The van der Waals surface area contributed by atoms with E-state index in [-0.39, 0.29) is 0 Å². The molecule has 0 amide bonds. The normalized spacial score (nSPS) is 24.3. The second-order valence-corrected chi connectivity index (χ2v) is 9.75. The Kier molecular flexibility index (Phi) is 5.20. The van der Waals surface area contributed by atoms with Crippen molar-refractivity contribution in [2.75, 3.05) is 29.4 Å². The second-order valence-electron chi connectivity index (χ2n) is 9.36. The number of aryl methyl sites for hydroxylation is 1. The molecular formula is C24H25ClF2N6. The van der Waals surface area contributed by atoms with Crippen LogP contribution in [-0.2, 0) is 13.0 Å². The molecule has 1 aromatic carbocycles. The molecule has 2 aliphatic heterocycles. The smallest absolute Gasteiger partial charge is 0.228 e. The number of anilines is 3. The lowest BCUT2D eigenvalue weighted by molar-refractivity contribution is 0.265. The zero-order chi connectivity index (χ0) is 22.5. The molecule has 1 saturated heterocycles. The zero-order valence-electron chi connectivity index (χ0n) is 18.2. The molecule has 3 aliphatic rings. The largest absolute Gasteiger partial charge is 0.371 e. The summed E-state index contributed by atoms with van der Waals surface area (Å²) < 4.78 is 29.2. The maximum Gasteiger partial charge on any atom is 0.228 e. The summed E-state index contributed by atoms with van der Waals surface area (Å²) in [5.41, 5.74) is 1.75. The van der Waals surface area contributed by atoms with Crippen LogP contribution in [0.25, 0.3) is 0 Å². The molecule has 9 heteroatoms. The minimum Gasteiger partial charge on any atom is -0.371 e. The first-order valence-corrected chi connectivity index (χ1v) is 12.0. The van der Waals surface area contributed by atoms with Crippen LogP contribution in [0.5, 0.6) is 0 Å². The maximum atomic E-state index is 13.8. The predicted molar refractivity (Wildman–Crippen MR) is 123 cm³/mol. The van der Waals surface area contributed by atoms with E-state index >= 15 is 0 Å². The molecule has 6 nitrogen and oxygen atoms in total. The number of piperidine rings is 1. The van der Waals surface area contributed by atoms with Crippen molar-refractivity contribution in [3.05, 3.63) is 59.1 Å². The van der Waals surface area contributed by atoms with Gasteiger partial charge in [0, 0.05) is 56.2 Å². The van der Waals surface area contributed by atoms with E-state index < -0.39 is 11.6 Å². The summed E-state index contributed by atoms with van der Waals surface area (Å²) in [6.45, 7) is 3.52. The van der Waals surface area contributed by atoms with E-state index in [1.54, 1.807) is 12.3 Å². The first kappa shape index (κ1) is 20.8. The van der Waals surface area contributed by atoms with Crippen LogP contribution in [0, 0.1) is 29.4 Å². The number of nitrogens with zero attached hydrogens (tertiary/aromatic N) is 6. The van der Waals surface area contributed by atoms with Gasteiger partial charge in [0.25, 0.3) is 0 Å². The molecule has 0 N–H and O–H groups in total. The van der Waals surface area contributed by atoms with Gasteiger partial charge >= 0.3 is 0 Å². The second kappa shape index (κ2) is 8.24. The van der Waals surface area contributed by atoms with E-state index in [0.29, 0.717) is 35.1 Å². The van der Waals surface area contributed by atoms with Crippen molar-refractivity contribution in [2.45, 2.75) is 32.2 Å². The first-order valence-electron chi connectivity index (χ1n) is 11.6. The third-order valence-corrected chi connectivity index (χ3v) is 7.63. The van der Waals surface area contributed by atoms with E-state index in [9.17, 15) is 8.78 Å². The lowest BCUT2D eigenvalue weighted by Crippen LogP contribution is -2.42. The molecule has 1 unspecified atom stereocenters. The number of halogens is 3. The fourth-order valence-electron chi connectivity index (χ4n) is 5.87. The Morgan fingerprint density at radius 2 is 1.79 bits per heavy atom. The van der Waals surface area contributed by atoms with Crippen molar-refractivity contribution < 1.29 is 8.78 Å². The summed E-state index contributed by atoms with van der Waals surface area (Å²) in [6, 6.07) is 7.98. The molecular weight excluding hydrogens is 446 g/mol. The van der Waals surface area contributed by atoms with E-state index in [1.807, 2.05) is 21.7 Å². The topological polar surface area (TPSA) is 50.1 Å². The fraction of sp³-hybridized carbons (Fsp3) is 0.458. The highest BCUT2D eigenvalue weighted by Gasteiger charge is 2.42. The van der Waals surface area contributed by atoms with Gasteiger partial charge in [0.15, 0.2) is 17.5 Å². The molecule has 2 aromatic heterocycles. The van der Waals surface area contributed by atoms with E-state index in [0.717, 1.165) is 49.9 Å². The van der Waals surface area contributed by atoms with Crippen molar-refractivity contribution in [2.24, 2.45) is 17.8 Å². The number of hydrogen-bond acceptors (Lipinski definition) is 5. The Balaban J connectivity index is 1.21. The Morgan fingerprint density at radius 3 is 2.55 bits per heavy atom. The minimum absolute atomic E-state index is 0.528. The predicted octanol–water partition coefficient (Wildman–Crippen LogP) is 4.85. The molecule has 2 fully saturated rings. The lowest BCUT2D eigenvalue weighted by atomic mass is 9.82. The van der Waals surface area contributed by atoms with Gasteiger partial charge < -0.3 is 9.80 Å². The molecule has 4 heterocycles. The van der Waals surface area contributed by atoms with Crippen molar-refractivity contribution in [3.63, 3.8) is 0 Å². The summed E-state index contributed by atoms with van der Waals surface area (Å²) >= 11 is 6.11. The Hall–Kier alpha value is -2.74. The molecule has 0 spiro atoms. The number of pyridine rings is 1. The zero-order valence-corrected chi connectivity index (χ0v) is 18.9. The van der Waals surface area contributed by atoms with E-state index in [1.165, 1.54) is 25.0 Å². The van der Waals surface area contributed by atoms with Crippen LogP contribution in [0.15, 0.2) is 36.5 Å². The molecule has 2 bridgehead atoms. The Morgan fingerprint density at radius 1 is 0.970 bits per heavy atom. The monoisotopic (exact) mass is 470 g/mol. The van der Waals surface area contributed by atoms with Gasteiger partial charge in [-0.25, -0.2) is 18.4 Å². The summed E-state index contributed by atoms with van der Waals surface area (Å²) in [4.78, 5) is 13.3. The van der Waals surface area contributed by atoms with E-state index in [2.05, 4.69) is 9.88 Å². The average Bonchev–Trinajstić information content (AvgIpc) is 3.31. The van der Waals surface area contributed by atoms with Crippen LogP contribution >= 0.6 is 11.6 Å². The van der Waals surface area contributed by atoms with Gasteiger partial charge in [-0.2, -0.15) is 10.1 Å². The van der Waals surface area contributed by atoms with Crippen molar-refractivity contribution in [3.8, 4) is 0 Å². The quantitative estimate of drug-likeness (QED) is 0.510. The van der Waals surface area contributed by atoms with Gasteiger partial charge in [-0.1, -0.05) is 11.6 Å². The highest BCUT2D eigenvalue weighted by molar-refractivity contribution is 6.29. The summed E-state index contributed by atoms with van der Waals surface area (Å²) in [6.07, 6.45) is 5.95. The number of benzene rings is 1. The molecule has 0 radical (unpaired) electrons. The third kappa shape index (κ3) is 3.84. The lowest BCUT2D eigenvalue weighted by Gasteiger charge is -2.39. The van der Waals surface area contributed by atoms with Crippen LogP contribution in [-0.4, -0.2) is 39.4 Å². The molecule has 3 aromatic rings. The molecule has 33 heavy (non-hydrogen) atoms. The van der Waals surface area contributed by atoms with Crippen molar-refractivity contribution in [1.82, 2.24) is 19.7 Å². The molecule has 6 rings (SSSR count). The fourth-order valence-corrected chi connectivity index (χ4v) is 6.04. The van der Waals surface area contributed by atoms with Gasteiger partial charge in [0.2, 0.25) is 5.95 Å². The number of rotatable bonds is 4. The Bertz CT molecular complexity index is 1170. The van der Waals surface area contributed by atoms with Crippen molar-refractivity contribution in [1.29, 1.82) is 0 Å². The van der Waals surface area contributed by atoms with E-state index in [4.69, 9.17) is 21.7 Å². The van der Waals surface area contributed by atoms with Crippen molar-refractivity contribution >= 4 is 28.9 Å². The van der Waals surface area contributed by atoms with Crippen LogP contribution in [0.3, 0.4) is 0 Å². The van der Waals surface area contributed by atoms with Gasteiger partial charge in [-0.05, 0) is 61.3 Å². The highest BCUT2D eigenvalue weighted by atomic mass is 35.5. The molecule has 1 saturated carbocycles. The van der Waals surface area contributed by atoms with Gasteiger partial charge in [-0.3, -0.25) is 0 Å². The maximum absolute atomic E-state index is 13.8. The molecule has 1 aliphatic carbocycles. The van der Waals surface area contributed by atoms with Crippen LogP contribution in [0.1, 0.15) is 25.1 Å². The summed E-state index contributed by atoms with van der Waals surface area (Å²) in [5.74, 6) is 1.63. The SMILES string of the molecule is Fc1ccc(N2CCCn3nc(CC4[C@@H]5CC[C@H]4CN(c4ccnc(Cl)c4)C5)nc32)cc1F. The van der Waals surface area contributed by atoms with Crippen LogP contribution in [0.4, 0.5) is 26.1 Å². The minimum atomic E-state index is -0.844. The number of hydrogen-bond donors (Lipinski definition) is 0. The van der Waals surface area contributed by atoms with Crippen LogP contribution < -0.4 is 9.80 Å². The summed E-state index contributed by atoms with van der Waals surface area (Å²) in [7, 11) is 0. The number of aromatic nitrogens is 4. The molecule has 172 valence electrons. The van der Waals surface area contributed by atoms with Gasteiger partial charge in [0.05, 0.1) is 0 Å². The van der Waals surface area contributed by atoms with Gasteiger partial charge in [0.1, 0.15) is 5.15 Å². The van der Waals surface area contributed by atoms with Crippen LogP contribution in [0.2, 0.25) is 5.15 Å². The van der Waals surface area contributed by atoms with Gasteiger partial charge in [-0.15, -0.1) is 0 Å².